The highest BCUT2D eigenvalue weighted by atomic mass is 16.5. The summed E-state index contributed by atoms with van der Waals surface area (Å²) < 4.78 is 5.39. The average Bonchev–Trinajstić information content (AvgIpc) is 2.67. The van der Waals surface area contributed by atoms with Gasteiger partial charge in [0.05, 0.1) is 18.3 Å². The molecule has 0 bridgehead atoms. The Bertz CT molecular complexity index is 137. The van der Waals surface area contributed by atoms with E-state index in [9.17, 15) is 5.11 Å². The van der Waals surface area contributed by atoms with E-state index >= 15 is 0 Å². The number of ether oxygens (including phenoxy) is 1. The SMILES string of the molecule is CC(C)OCC(C)(O)CC1CC1. The van der Waals surface area contributed by atoms with E-state index in [-0.39, 0.29) is 6.10 Å². The highest BCUT2D eigenvalue weighted by Crippen LogP contribution is 2.36. The van der Waals surface area contributed by atoms with Crippen molar-refractivity contribution in [1.82, 2.24) is 0 Å². The molecule has 0 radical (unpaired) electrons. The van der Waals surface area contributed by atoms with Crippen LogP contribution in [0.2, 0.25) is 0 Å². The first-order valence-electron chi connectivity index (χ1n) is 4.83. The van der Waals surface area contributed by atoms with Gasteiger partial charge < -0.3 is 9.84 Å². The van der Waals surface area contributed by atoms with Crippen LogP contribution in [0.5, 0.6) is 0 Å². The van der Waals surface area contributed by atoms with Crippen molar-refractivity contribution in [2.45, 2.75) is 51.7 Å². The van der Waals surface area contributed by atoms with Crippen LogP contribution in [-0.2, 0) is 4.74 Å². The highest BCUT2D eigenvalue weighted by Gasteiger charge is 2.31. The predicted molar refractivity (Wildman–Crippen MR) is 49.1 cm³/mol. The third-order valence-electron chi connectivity index (χ3n) is 2.15. The molecule has 0 aliphatic heterocycles. The topological polar surface area (TPSA) is 29.5 Å². The van der Waals surface area contributed by atoms with Gasteiger partial charge in [0.1, 0.15) is 0 Å². The largest absolute Gasteiger partial charge is 0.388 e. The van der Waals surface area contributed by atoms with Crippen LogP contribution in [-0.4, -0.2) is 23.4 Å². The van der Waals surface area contributed by atoms with Gasteiger partial charge in [-0.05, 0) is 33.1 Å². The molecule has 0 aromatic rings. The Morgan fingerprint density at radius 3 is 2.50 bits per heavy atom. The smallest absolute Gasteiger partial charge is 0.0855 e. The maximum Gasteiger partial charge on any atom is 0.0855 e. The molecule has 2 heteroatoms. The Hall–Kier alpha value is -0.0800. The molecule has 1 aliphatic carbocycles. The minimum atomic E-state index is -0.606. The van der Waals surface area contributed by atoms with E-state index in [2.05, 4.69) is 0 Å². The molecule has 0 aromatic carbocycles. The molecule has 72 valence electrons. The average molecular weight is 172 g/mol. The molecule has 2 nitrogen and oxygen atoms in total. The van der Waals surface area contributed by atoms with E-state index in [1.54, 1.807) is 0 Å². The summed E-state index contributed by atoms with van der Waals surface area (Å²) >= 11 is 0. The lowest BCUT2D eigenvalue weighted by Crippen LogP contribution is -2.32. The second-order valence-electron chi connectivity index (χ2n) is 4.50. The van der Waals surface area contributed by atoms with Crippen LogP contribution in [0, 0.1) is 5.92 Å². The third kappa shape index (κ3) is 4.07. The van der Waals surface area contributed by atoms with Gasteiger partial charge >= 0.3 is 0 Å². The standard InChI is InChI=1S/C10H20O2/c1-8(2)12-7-10(3,11)6-9-4-5-9/h8-9,11H,4-7H2,1-3H3. The molecule has 0 saturated heterocycles. The van der Waals surface area contributed by atoms with Crippen molar-refractivity contribution in [3.05, 3.63) is 0 Å². The van der Waals surface area contributed by atoms with Crippen molar-refractivity contribution in [1.29, 1.82) is 0 Å². The maximum atomic E-state index is 9.85. The summed E-state index contributed by atoms with van der Waals surface area (Å²) in [7, 11) is 0. The minimum Gasteiger partial charge on any atom is -0.388 e. The van der Waals surface area contributed by atoms with Gasteiger partial charge in [0.2, 0.25) is 0 Å². The molecule has 1 fully saturated rings. The fourth-order valence-corrected chi connectivity index (χ4v) is 1.35. The highest BCUT2D eigenvalue weighted by molar-refractivity contribution is 4.83. The van der Waals surface area contributed by atoms with E-state index in [1.807, 2.05) is 20.8 Å². The van der Waals surface area contributed by atoms with Crippen molar-refractivity contribution in [2.75, 3.05) is 6.61 Å². The zero-order chi connectivity index (χ0) is 9.19. The van der Waals surface area contributed by atoms with Gasteiger partial charge in [0.15, 0.2) is 0 Å². The van der Waals surface area contributed by atoms with Gasteiger partial charge in [-0.3, -0.25) is 0 Å². The fraction of sp³-hybridized carbons (Fsp3) is 1.00. The molecule has 1 unspecified atom stereocenters. The maximum absolute atomic E-state index is 9.85. The van der Waals surface area contributed by atoms with Crippen LogP contribution in [0.1, 0.15) is 40.0 Å². The molecule has 1 saturated carbocycles. The van der Waals surface area contributed by atoms with Crippen molar-refractivity contribution < 1.29 is 9.84 Å². The van der Waals surface area contributed by atoms with Crippen molar-refractivity contribution in [3.8, 4) is 0 Å². The van der Waals surface area contributed by atoms with Crippen molar-refractivity contribution in [2.24, 2.45) is 5.92 Å². The fourth-order valence-electron chi connectivity index (χ4n) is 1.35. The van der Waals surface area contributed by atoms with Crippen LogP contribution in [0.25, 0.3) is 0 Å². The van der Waals surface area contributed by atoms with Crippen LogP contribution >= 0.6 is 0 Å². The molecule has 1 aliphatic rings. The Balaban J connectivity index is 2.16. The van der Waals surface area contributed by atoms with Crippen molar-refractivity contribution >= 4 is 0 Å². The summed E-state index contributed by atoms with van der Waals surface area (Å²) in [6.45, 7) is 6.33. The summed E-state index contributed by atoms with van der Waals surface area (Å²) in [5.41, 5.74) is -0.606. The minimum absolute atomic E-state index is 0.218. The molecule has 1 N–H and O–H groups in total. The number of hydrogen-bond donors (Lipinski definition) is 1. The van der Waals surface area contributed by atoms with Gasteiger partial charge in [0.25, 0.3) is 0 Å². The van der Waals surface area contributed by atoms with Gasteiger partial charge in [0, 0.05) is 0 Å². The van der Waals surface area contributed by atoms with Crippen LogP contribution in [0.4, 0.5) is 0 Å². The van der Waals surface area contributed by atoms with Gasteiger partial charge in [-0.2, -0.15) is 0 Å². The first-order chi connectivity index (χ1) is 5.49. The van der Waals surface area contributed by atoms with E-state index in [0.717, 1.165) is 12.3 Å². The Labute approximate surface area is 74.9 Å². The third-order valence-corrected chi connectivity index (χ3v) is 2.15. The lowest BCUT2D eigenvalue weighted by molar-refractivity contribution is -0.0605. The second-order valence-corrected chi connectivity index (χ2v) is 4.50. The summed E-state index contributed by atoms with van der Waals surface area (Å²) in [6, 6.07) is 0. The lowest BCUT2D eigenvalue weighted by atomic mass is 10.0. The Morgan fingerprint density at radius 2 is 2.08 bits per heavy atom. The molecule has 0 amide bonds. The quantitative estimate of drug-likeness (QED) is 0.687. The van der Waals surface area contributed by atoms with Crippen LogP contribution in [0.3, 0.4) is 0 Å². The zero-order valence-electron chi connectivity index (χ0n) is 8.34. The monoisotopic (exact) mass is 172 g/mol. The van der Waals surface area contributed by atoms with Gasteiger partial charge in [-0.1, -0.05) is 12.8 Å². The zero-order valence-corrected chi connectivity index (χ0v) is 8.34. The number of rotatable bonds is 5. The van der Waals surface area contributed by atoms with E-state index in [1.165, 1.54) is 12.8 Å². The van der Waals surface area contributed by atoms with E-state index in [0.29, 0.717) is 6.61 Å². The normalized spacial score (nSPS) is 22.8. The lowest BCUT2D eigenvalue weighted by Gasteiger charge is -2.24. The first-order valence-corrected chi connectivity index (χ1v) is 4.83. The second kappa shape index (κ2) is 3.75. The molecule has 0 aromatic heterocycles. The molecule has 0 heterocycles. The van der Waals surface area contributed by atoms with E-state index in [4.69, 9.17) is 4.74 Å². The van der Waals surface area contributed by atoms with Crippen LogP contribution in [0.15, 0.2) is 0 Å². The molecule has 1 rings (SSSR count). The summed E-state index contributed by atoms with van der Waals surface area (Å²) in [5.74, 6) is 0.760. The van der Waals surface area contributed by atoms with Crippen molar-refractivity contribution in [3.63, 3.8) is 0 Å². The predicted octanol–water partition coefficient (Wildman–Crippen LogP) is 1.96. The Kier molecular flexibility index (Phi) is 3.13. The van der Waals surface area contributed by atoms with Gasteiger partial charge in [-0.25, -0.2) is 0 Å². The summed E-state index contributed by atoms with van der Waals surface area (Å²) in [4.78, 5) is 0. The number of aliphatic hydroxyl groups is 1. The summed E-state index contributed by atoms with van der Waals surface area (Å²) in [6.07, 6.45) is 3.70. The molecule has 0 spiro atoms. The van der Waals surface area contributed by atoms with E-state index < -0.39 is 5.60 Å². The van der Waals surface area contributed by atoms with Gasteiger partial charge in [-0.15, -0.1) is 0 Å². The number of hydrogen-bond acceptors (Lipinski definition) is 2. The van der Waals surface area contributed by atoms with Crippen LogP contribution < -0.4 is 0 Å². The molecule has 12 heavy (non-hydrogen) atoms. The Morgan fingerprint density at radius 1 is 1.50 bits per heavy atom. The molecular weight excluding hydrogens is 152 g/mol. The molecule has 1 atom stereocenters. The first kappa shape index (κ1) is 10.0. The summed E-state index contributed by atoms with van der Waals surface area (Å²) in [5, 5.41) is 9.85. The molecular formula is C10H20O2.